The van der Waals surface area contributed by atoms with E-state index < -0.39 is 22.2 Å². The summed E-state index contributed by atoms with van der Waals surface area (Å²) < 4.78 is 37.6. The van der Waals surface area contributed by atoms with Gasteiger partial charge in [-0.25, -0.2) is 8.42 Å². The van der Waals surface area contributed by atoms with Gasteiger partial charge in [-0.15, -0.1) is 0 Å². The van der Waals surface area contributed by atoms with Crippen LogP contribution in [0.1, 0.15) is 29.9 Å². The average molecular weight is 448 g/mol. The van der Waals surface area contributed by atoms with Crippen LogP contribution in [0.4, 0.5) is 5.69 Å². The number of anilines is 1. The normalized spacial score (nSPS) is 24.6. The van der Waals surface area contributed by atoms with Crippen molar-refractivity contribution in [3.8, 4) is 5.75 Å². The Morgan fingerprint density at radius 3 is 2.87 bits per heavy atom. The number of aliphatic hydroxyl groups is 1. The number of nitrogens with one attached hydrogen (secondary N) is 2. The number of hydrogen-bond donors (Lipinski definition) is 3. The molecule has 1 amide bonds. The highest BCUT2D eigenvalue weighted by atomic mass is 32.2. The second-order valence-electron chi connectivity index (χ2n) is 7.87. The number of aromatic nitrogens is 1. The van der Waals surface area contributed by atoms with E-state index in [0.29, 0.717) is 24.4 Å². The molecule has 3 heterocycles. The molecular weight excluding hydrogens is 422 g/mol. The molecule has 4 atom stereocenters. The topological polar surface area (TPSA) is 127 Å². The van der Waals surface area contributed by atoms with E-state index in [1.807, 2.05) is 12.1 Å². The molecule has 10 heteroatoms. The predicted molar refractivity (Wildman–Crippen MR) is 113 cm³/mol. The van der Waals surface area contributed by atoms with Gasteiger partial charge in [-0.2, -0.15) is 0 Å². The number of carbonyl (C=O) groups is 1. The minimum atomic E-state index is -3.41. The zero-order valence-corrected chi connectivity index (χ0v) is 17.8. The Hall–Kier alpha value is -2.69. The van der Waals surface area contributed by atoms with E-state index >= 15 is 0 Å². The van der Waals surface area contributed by atoms with Gasteiger partial charge in [-0.05, 0) is 36.2 Å². The molecule has 9 nitrogen and oxygen atoms in total. The number of ether oxygens (including phenoxy) is 2. The maximum absolute atomic E-state index is 12.4. The number of sulfonamides is 1. The Balaban J connectivity index is 1.45. The van der Waals surface area contributed by atoms with Crippen LogP contribution in [0.3, 0.4) is 0 Å². The summed E-state index contributed by atoms with van der Waals surface area (Å²) in [6.07, 6.45) is 3.78. The van der Waals surface area contributed by atoms with Crippen LogP contribution >= 0.6 is 0 Å². The number of pyridine rings is 1. The van der Waals surface area contributed by atoms with Crippen molar-refractivity contribution in [3.05, 3.63) is 53.9 Å². The molecule has 1 fully saturated rings. The summed E-state index contributed by atoms with van der Waals surface area (Å²) >= 11 is 0. The number of fused-ring (bicyclic) bond motifs is 3. The van der Waals surface area contributed by atoms with Crippen LogP contribution in [0.5, 0.6) is 5.75 Å². The van der Waals surface area contributed by atoms with Gasteiger partial charge in [-0.1, -0.05) is 6.07 Å². The molecule has 166 valence electrons. The van der Waals surface area contributed by atoms with E-state index in [2.05, 4.69) is 15.0 Å². The summed E-state index contributed by atoms with van der Waals surface area (Å²) in [7, 11) is -3.41. The van der Waals surface area contributed by atoms with Crippen LogP contribution in [-0.2, 0) is 26.1 Å². The summed E-state index contributed by atoms with van der Waals surface area (Å²) in [5.74, 6) is 0.367. The van der Waals surface area contributed by atoms with Crippen molar-refractivity contribution in [2.75, 3.05) is 17.6 Å². The Morgan fingerprint density at radius 2 is 2.16 bits per heavy atom. The minimum absolute atomic E-state index is 0.113. The number of amides is 1. The first-order chi connectivity index (χ1) is 14.8. The quantitative estimate of drug-likeness (QED) is 0.581. The van der Waals surface area contributed by atoms with Crippen LogP contribution in [0.15, 0.2) is 42.7 Å². The van der Waals surface area contributed by atoms with Crippen LogP contribution in [0, 0.1) is 0 Å². The summed E-state index contributed by atoms with van der Waals surface area (Å²) in [5, 5.41) is 12.7. The fraction of sp³-hybridized carbons (Fsp3) is 0.429. The van der Waals surface area contributed by atoms with Gasteiger partial charge in [0, 0.05) is 36.1 Å². The third-order valence-electron chi connectivity index (χ3n) is 5.43. The van der Waals surface area contributed by atoms with E-state index in [0.717, 1.165) is 17.4 Å². The molecule has 1 saturated heterocycles. The lowest BCUT2D eigenvalue weighted by molar-refractivity contribution is -0.142. The summed E-state index contributed by atoms with van der Waals surface area (Å²) in [6.45, 7) is 0.138. The maximum Gasteiger partial charge on any atom is 0.229 e. The molecule has 0 saturated carbocycles. The van der Waals surface area contributed by atoms with Crippen molar-refractivity contribution in [1.29, 1.82) is 0 Å². The van der Waals surface area contributed by atoms with Crippen LogP contribution in [0.25, 0.3) is 0 Å². The largest absolute Gasteiger partial charge is 0.487 e. The molecule has 3 N–H and O–H groups in total. The fourth-order valence-electron chi connectivity index (χ4n) is 4.15. The molecule has 2 aliphatic rings. The van der Waals surface area contributed by atoms with Gasteiger partial charge < -0.3 is 19.9 Å². The van der Waals surface area contributed by atoms with Crippen molar-refractivity contribution in [2.45, 2.75) is 43.6 Å². The molecular formula is C21H25N3O6S. The van der Waals surface area contributed by atoms with Gasteiger partial charge in [0.1, 0.15) is 18.0 Å². The smallest absolute Gasteiger partial charge is 0.229 e. The molecule has 4 rings (SSSR count). The maximum atomic E-state index is 12.4. The van der Waals surface area contributed by atoms with E-state index in [1.54, 1.807) is 30.6 Å². The summed E-state index contributed by atoms with van der Waals surface area (Å²) in [5.41, 5.74) is 2.20. The standard InChI is InChI=1S/C21H25N3O6S/c1-31(27,28)24-14-4-5-18-16(7-14)17-8-15(29-19(12-25)21(17)30-18)9-20(26)23-11-13-3-2-6-22-10-13/h2-7,10,15,17,19,21,24-25H,8-9,11-12H2,1H3,(H,23,26)/t15-,17-,19+,21+/m0/s1. The van der Waals surface area contributed by atoms with Gasteiger partial charge in [0.25, 0.3) is 0 Å². The van der Waals surface area contributed by atoms with Crippen molar-refractivity contribution in [3.63, 3.8) is 0 Å². The SMILES string of the molecule is CS(=O)(=O)Nc1ccc2c(c1)[C@@H]1C[C@@H](CC(=O)NCc3cccnc3)O[C@H](CO)[C@@H]1O2. The van der Waals surface area contributed by atoms with E-state index in [4.69, 9.17) is 9.47 Å². The summed E-state index contributed by atoms with van der Waals surface area (Å²) in [4.78, 5) is 16.5. The molecule has 0 aliphatic carbocycles. The highest BCUT2D eigenvalue weighted by Crippen LogP contribution is 2.47. The van der Waals surface area contributed by atoms with Gasteiger partial charge in [0.05, 0.1) is 25.4 Å². The van der Waals surface area contributed by atoms with E-state index in [-0.39, 0.29) is 31.0 Å². The molecule has 0 spiro atoms. The van der Waals surface area contributed by atoms with Crippen molar-refractivity contribution < 1.29 is 27.8 Å². The van der Waals surface area contributed by atoms with Crippen LogP contribution < -0.4 is 14.8 Å². The lowest BCUT2D eigenvalue weighted by Gasteiger charge is -2.37. The molecule has 0 bridgehead atoms. The number of benzene rings is 1. The number of hydrogen-bond acceptors (Lipinski definition) is 7. The minimum Gasteiger partial charge on any atom is -0.487 e. The van der Waals surface area contributed by atoms with Crippen LogP contribution in [0.2, 0.25) is 0 Å². The van der Waals surface area contributed by atoms with Gasteiger partial charge in [0.2, 0.25) is 15.9 Å². The number of rotatable bonds is 7. The molecule has 0 unspecified atom stereocenters. The van der Waals surface area contributed by atoms with Gasteiger partial charge in [-0.3, -0.25) is 14.5 Å². The molecule has 31 heavy (non-hydrogen) atoms. The van der Waals surface area contributed by atoms with E-state index in [9.17, 15) is 18.3 Å². The second kappa shape index (κ2) is 8.81. The predicted octanol–water partition coefficient (Wildman–Crippen LogP) is 1.15. The average Bonchev–Trinajstić information content (AvgIpc) is 3.09. The molecule has 1 aromatic heterocycles. The van der Waals surface area contributed by atoms with Crippen LogP contribution in [-0.4, -0.2) is 55.6 Å². The Kier molecular flexibility index (Phi) is 6.12. The van der Waals surface area contributed by atoms with Crippen molar-refractivity contribution in [2.24, 2.45) is 0 Å². The number of carbonyl (C=O) groups excluding carboxylic acids is 1. The number of aliphatic hydroxyl groups excluding tert-OH is 1. The highest BCUT2D eigenvalue weighted by Gasteiger charge is 2.46. The Labute approximate surface area is 180 Å². The first-order valence-electron chi connectivity index (χ1n) is 10.0. The first-order valence-corrected chi connectivity index (χ1v) is 11.9. The lowest BCUT2D eigenvalue weighted by atomic mass is 9.84. The van der Waals surface area contributed by atoms with Gasteiger partial charge >= 0.3 is 0 Å². The molecule has 2 aliphatic heterocycles. The Morgan fingerprint density at radius 1 is 1.32 bits per heavy atom. The third-order valence-corrected chi connectivity index (χ3v) is 6.03. The molecule has 1 aromatic carbocycles. The van der Waals surface area contributed by atoms with E-state index in [1.165, 1.54) is 0 Å². The summed E-state index contributed by atoms with van der Waals surface area (Å²) in [6, 6.07) is 8.79. The zero-order chi connectivity index (χ0) is 22.0. The second-order valence-corrected chi connectivity index (χ2v) is 9.62. The lowest BCUT2D eigenvalue weighted by Crippen LogP contribution is -2.47. The number of nitrogens with zero attached hydrogens (tertiary/aromatic N) is 1. The van der Waals surface area contributed by atoms with Crippen molar-refractivity contribution >= 4 is 21.6 Å². The highest BCUT2D eigenvalue weighted by molar-refractivity contribution is 7.92. The van der Waals surface area contributed by atoms with Gasteiger partial charge in [0.15, 0.2) is 0 Å². The zero-order valence-electron chi connectivity index (χ0n) is 17.0. The first kappa shape index (κ1) is 21.5. The molecule has 0 radical (unpaired) electrons. The van der Waals surface area contributed by atoms with Crippen molar-refractivity contribution in [1.82, 2.24) is 10.3 Å². The third kappa shape index (κ3) is 5.15. The molecule has 2 aromatic rings. The monoisotopic (exact) mass is 447 g/mol. The Bertz CT molecular complexity index is 1050. The fourth-order valence-corrected chi connectivity index (χ4v) is 4.70.